The minimum atomic E-state index is 1.16. The first-order valence-corrected chi connectivity index (χ1v) is 17.6. The molecule has 236 valence electrons. The fourth-order valence-electron chi connectivity index (χ4n) is 8.98. The van der Waals surface area contributed by atoms with Crippen molar-refractivity contribution in [1.82, 2.24) is 13.5 Å². The van der Waals surface area contributed by atoms with E-state index in [-0.39, 0.29) is 0 Å². The lowest BCUT2D eigenvalue weighted by molar-refractivity contribution is 1.18. The predicted molar refractivity (Wildman–Crippen MR) is 215 cm³/mol. The standard InChI is InChI=1S/C48H29N3/c1-2-11-30(12-3-1)31-21-23-32(24-22-31)49-42-18-7-5-14-35(42)40-29-47-41(28-46(40)49)36-15-6-8-19-43(36)50(47)33-25-26-37-39-17-10-16-38-34-13-4-9-20-44(34)51(48(38)39)45(37)27-33/h1-29H. The second-order valence-electron chi connectivity index (χ2n) is 13.8. The minimum Gasteiger partial charge on any atom is -0.309 e. The summed E-state index contributed by atoms with van der Waals surface area (Å²) in [5.41, 5.74) is 13.4. The monoisotopic (exact) mass is 647 g/mol. The fraction of sp³-hybridized carbons (Fsp3) is 0. The van der Waals surface area contributed by atoms with Crippen molar-refractivity contribution in [1.29, 1.82) is 0 Å². The normalized spacial score (nSPS) is 12.3. The van der Waals surface area contributed by atoms with E-state index in [1.807, 2.05) is 0 Å². The van der Waals surface area contributed by atoms with Gasteiger partial charge in [-0.3, -0.25) is 0 Å². The van der Waals surface area contributed by atoms with E-state index in [1.54, 1.807) is 0 Å². The summed E-state index contributed by atoms with van der Waals surface area (Å²) in [6.07, 6.45) is 0. The Morgan fingerprint density at radius 2 is 0.725 bits per heavy atom. The maximum atomic E-state index is 2.47. The van der Waals surface area contributed by atoms with Gasteiger partial charge in [-0.25, -0.2) is 0 Å². The average molecular weight is 648 g/mol. The van der Waals surface area contributed by atoms with Crippen molar-refractivity contribution in [3.8, 4) is 22.5 Å². The predicted octanol–water partition coefficient (Wildman–Crippen LogP) is 12.7. The van der Waals surface area contributed by atoms with Gasteiger partial charge in [0.1, 0.15) is 0 Å². The van der Waals surface area contributed by atoms with Crippen LogP contribution >= 0.6 is 0 Å². The minimum absolute atomic E-state index is 1.16. The Morgan fingerprint density at radius 3 is 1.37 bits per heavy atom. The molecule has 0 saturated heterocycles. The highest BCUT2D eigenvalue weighted by atomic mass is 15.0. The molecule has 0 radical (unpaired) electrons. The van der Waals surface area contributed by atoms with Crippen LogP contribution in [0.1, 0.15) is 0 Å². The van der Waals surface area contributed by atoms with Gasteiger partial charge in [-0.15, -0.1) is 0 Å². The molecule has 0 unspecified atom stereocenters. The van der Waals surface area contributed by atoms with Crippen molar-refractivity contribution < 1.29 is 0 Å². The maximum absolute atomic E-state index is 2.47. The van der Waals surface area contributed by atoms with Crippen LogP contribution in [0.2, 0.25) is 0 Å². The van der Waals surface area contributed by atoms with Crippen LogP contribution in [-0.2, 0) is 0 Å². The van der Waals surface area contributed by atoms with E-state index in [9.17, 15) is 0 Å². The van der Waals surface area contributed by atoms with Crippen LogP contribution in [-0.4, -0.2) is 13.5 Å². The van der Waals surface area contributed by atoms with Crippen molar-refractivity contribution in [3.05, 3.63) is 176 Å². The van der Waals surface area contributed by atoms with Crippen LogP contribution in [0.5, 0.6) is 0 Å². The molecule has 0 aliphatic rings. The average Bonchev–Trinajstić information content (AvgIpc) is 3.91. The Bertz CT molecular complexity index is 3340. The van der Waals surface area contributed by atoms with Gasteiger partial charge in [0, 0.05) is 54.5 Å². The zero-order chi connectivity index (χ0) is 33.2. The van der Waals surface area contributed by atoms with Crippen molar-refractivity contribution in [2.24, 2.45) is 0 Å². The van der Waals surface area contributed by atoms with Gasteiger partial charge in [0.2, 0.25) is 0 Å². The molecule has 12 rings (SSSR count). The van der Waals surface area contributed by atoms with Crippen molar-refractivity contribution >= 4 is 81.7 Å². The zero-order valence-electron chi connectivity index (χ0n) is 27.6. The maximum Gasteiger partial charge on any atom is 0.0620 e. The van der Waals surface area contributed by atoms with Crippen LogP contribution in [0.3, 0.4) is 0 Å². The number of hydrogen-bond acceptors (Lipinski definition) is 0. The smallest absolute Gasteiger partial charge is 0.0620 e. The van der Waals surface area contributed by atoms with Crippen LogP contribution in [0.25, 0.3) is 104 Å². The zero-order valence-corrected chi connectivity index (χ0v) is 27.6. The molecule has 12 aromatic rings. The largest absolute Gasteiger partial charge is 0.309 e. The van der Waals surface area contributed by atoms with Crippen molar-refractivity contribution in [2.75, 3.05) is 0 Å². The van der Waals surface area contributed by atoms with E-state index < -0.39 is 0 Å². The first-order chi connectivity index (χ1) is 25.3. The molecule has 0 spiro atoms. The topological polar surface area (TPSA) is 14.3 Å². The van der Waals surface area contributed by atoms with Gasteiger partial charge in [0.15, 0.2) is 0 Å². The lowest BCUT2D eigenvalue weighted by Gasteiger charge is -2.10. The highest BCUT2D eigenvalue weighted by Gasteiger charge is 2.21. The van der Waals surface area contributed by atoms with Gasteiger partial charge >= 0.3 is 0 Å². The number of fused-ring (bicyclic) bond motifs is 12. The molecule has 8 aromatic carbocycles. The molecule has 3 nitrogen and oxygen atoms in total. The number of para-hydroxylation sites is 4. The molecular formula is C48H29N3. The molecule has 4 heterocycles. The molecule has 0 atom stereocenters. The van der Waals surface area contributed by atoms with E-state index in [0.29, 0.717) is 0 Å². The molecule has 0 aliphatic carbocycles. The second kappa shape index (κ2) is 9.87. The number of nitrogens with zero attached hydrogens (tertiary/aromatic N) is 3. The summed E-state index contributed by atoms with van der Waals surface area (Å²) < 4.78 is 7.37. The highest BCUT2D eigenvalue weighted by molar-refractivity contribution is 6.24. The summed E-state index contributed by atoms with van der Waals surface area (Å²) in [6, 6.07) is 64.7. The molecule has 0 N–H and O–H groups in total. The molecular weight excluding hydrogens is 619 g/mol. The lowest BCUT2D eigenvalue weighted by atomic mass is 10.1. The first kappa shape index (κ1) is 27.0. The molecule has 0 aliphatic heterocycles. The molecule has 0 amide bonds. The summed E-state index contributed by atoms with van der Waals surface area (Å²) in [5, 5.41) is 10.2. The molecule has 3 heteroatoms. The van der Waals surface area contributed by atoms with Crippen LogP contribution in [0.4, 0.5) is 0 Å². The van der Waals surface area contributed by atoms with E-state index in [2.05, 4.69) is 189 Å². The van der Waals surface area contributed by atoms with E-state index in [4.69, 9.17) is 0 Å². The van der Waals surface area contributed by atoms with E-state index in [0.717, 1.165) is 5.69 Å². The van der Waals surface area contributed by atoms with Gasteiger partial charge in [0.05, 0.1) is 38.6 Å². The fourth-order valence-corrected chi connectivity index (χ4v) is 8.98. The Morgan fingerprint density at radius 1 is 0.255 bits per heavy atom. The number of benzene rings is 8. The summed E-state index contributed by atoms with van der Waals surface area (Å²) >= 11 is 0. The van der Waals surface area contributed by atoms with Crippen molar-refractivity contribution in [3.63, 3.8) is 0 Å². The molecule has 0 saturated carbocycles. The van der Waals surface area contributed by atoms with Crippen LogP contribution in [0, 0.1) is 0 Å². The third-order valence-electron chi connectivity index (χ3n) is 11.2. The molecule has 4 aromatic heterocycles. The first-order valence-electron chi connectivity index (χ1n) is 17.6. The Hall–Kier alpha value is -6.84. The van der Waals surface area contributed by atoms with Crippen molar-refractivity contribution in [2.45, 2.75) is 0 Å². The second-order valence-corrected chi connectivity index (χ2v) is 13.8. The lowest BCUT2D eigenvalue weighted by Crippen LogP contribution is -1.95. The number of aromatic nitrogens is 3. The summed E-state index contributed by atoms with van der Waals surface area (Å²) in [6.45, 7) is 0. The van der Waals surface area contributed by atoms with Gasteiger partial charge in [0.25, 0.3) is 0 Å². The van der Waals surface area contributed by atoms with Crippen LogP contribution in [0.15, 0.2) is 176 Å². The highest BCUT2D eigenvalue weighted by Crippen LogP contribution is 2.42. The molecule has 0 bridgehead atoms. The number of rotatable bonds is 3. The van der Waals surface area contributed by atoms with Gasteiger partial charge in [-0.05, 0) is 65.7 Å². The third kappa shape index (κ3) is 3.57. The summed E-state index contributed by atoms with van der Waals surface area (Å²) in [5.74, 6) is 0. The summed E-state index contributed by atoms with van der Waals surface area (Å²) in [7, 11) is 0. The Labute approximate surface area is 292 Å². The van der Waals surface area contributed by atoms with Gasteiger partial charge in [-0.2, -0.15) is 0 Å². The molecule has 51 heavy (non-hydrogen) atoms. The molecule has 0 fully saturated rings. The third-order valence-corrected chi connectivity index (χ3v) is 11.2. The SMILES string of the molecule is c1ccc(-c2ccc(-n3c4ccccc4c4cc5c(cc43)c3ccccc3n5-c3ccc4c5cccc6c7ccccc7n(c4c3)c65)cc2)cc1. The Balaban J connectivity index is 1.14. The van der Waals surface area contributed by atoms with Gasteiger partial charge in [-0.1, -0.05) is 121 Å². The quantitative estimate of drug-likeness (QED) is 0.181. The Kier molecular flexibility index (Phi) is 5.23. The van der Waals surface area contributed by atoms with Gasteiger partial charge < -0.3 is 13.5 Å². The number of hydrogen-bond donors (Lipinski definition) is 0. The summed E-state index contributed by atoms with van der Waals surface area (Å²) in [4.78, 5) is 0. The van der Waals surface area contributed by atoms with Crippen LogP contribution < -0.4 is 0 Å². The van der Waals surface area contributed by atoms with E-state index >= 15 is 0 Å². The van der Waals surface area contributed by atoms with E-state index in [1.165, 1.54) is 98.5 Å².